The molecule has 2 rings (SSSR count). The van der Waals surface area contributed by atoms with Gasteiger partial charge in [0.2, 0.25) is 0 Å². The third-order valence-electron chi connectivity index (χ3n) is 2.69. The fourth-order valence-electron chi connectivity index (χ4n) is 1.87. The number of aliphatic hydroxyl groups excluding tert-OH is 3. The van der Waals surface area contributed by atoms with Crippen molar-refractivity contribution in [2.24, 2.45) is 0 Å². The highest BCUT2D eigenvalue weighted by Crippen LogP contribution is 2.20. The Morgan fingerprint density at radius 3 is 2.69 bits per heavy atom. The maximum atomic E-state index is 9.40. The Labute approximate surface area is 93.4 Å². The quantitative estimate of drug-likeness (QED) is 0.704. The van der Waals surface area contributed by atoms with Crippen molar-refractivity contribution in [2.45, 2.75) is 19.3 Å². The number of hydrogen-bond acceptors (Lipinski definition) is 3. The third-order valence-corrected chi connectivity index (χ3v) is 2.69. The van der Waals surface area contributed by atoms with Crippen LogP contribution in [0.3, 0.4) is 0 Å². The van der Waals surface area contributed by atoms with Gasteiger partial charge in [-0.25, -0.2) is 0 Å². The van der Waals surface area contributed by atoms with Crippen LogP contribution in [0.2, 0.25) is 0 Å². The number of aliphatic hydroxyl groups is 3. The van der Waals surface area contributed by atoms with E-state index in [2.05, 4.69) is 0 Å². The van der Waals surface area contributed by atoms with Crippen LogP contribution in [0.15, 0.2) is 30.5 Å². The predicted molar refractivity (Wildman–Crippen MR) is 61.0 cm³/mol. The van der Waals surface area contributed by atoms with Crippen LogP contribution in [0, 0.1) is 0 Å². The van der Waals surface area contributed by atoms with Crippen molar-refractivity contribution >= 4 is 10.9 Å². The highest BCUT2D eigenvalue weighted by atomic mass is 16.3. The molecule has 1 atom stereocenters. The summed E-state index contributed by atoms with van der Waals surface area (Å²) in [4.78, 5) is 0. The molecule has 0 aliphatic heterocycles. The molecule has 0 radical (unpaired) electrons. The average molecular weight is 221 g/mol. The summed E-state index contributed by atoms with van der Waals surface area (Å²) in [5, 5.41) is 28.4. The smallest absolute Gasteiger partial charge is 0.0949 e. The summed E-state index contributed by atoms with van der Waals surface area (Å²) in [6.45, 7) is 0.109. The van der Waals surface area contributed by atoms with E-state index in [4.69, 9.17) is 5.11 Å². The Bertz CT molecular complexity index is 478. The summed E-state index contributed by atoms with van der Waals surface area (Å²) in [7, 11) is 0. The van der Waals surface area contributed by atoms with Crippen LogP contribution in [0.5, 0.6) is 0 Å². The second-order valence-electron chi connectivity index (χ2n) is 3.81. The molecule has 0 aliphatic carbocycles. The minimum atomic E-state index is -0.756. The van der Waals surface area contributed by atoms with Crippen molar-refractivity contribution in [1.29, 1.82) is 0 Å². The summed E-state index contributed by atoms with van der Waals surface area (Å²) >= 11 is 0. The SMILES string of the molecule is OCc1cccc2c1ccn2CC(O)CO. The van der Waals surface area contributed by atoms with Crippen LogP contribution in [0.1, 0.15) is 5.56 Å². The van der Waals surface area contributed by atoms with E-state index in [0.29, 0.717) is 6.54 Å². The number of benzene rings is 1. The van der Waals surface area contributed by atoms with Crippen molar-refractivity contribution in [2.75, 3.05) is 6.61 Å². The first-order chi connectivity index (χ1) is 7.76. The second-order valence-corrected chi connectivity index (χ2v) is 3.81. The second kappa shape index (κ2) is 4.65. The standard InChI is InChI=1S/C12H15NO3/c14-7-9-2-1-3-12-11(9)4-5-13(12)6-10(16)8-15/h1-5,10,14-16H,6-8H2. The number of nitrogens with zero attached hydrogens (tertiary/aromatic N) is 1. The van der Waals surface area contributed by atoms with Crippen molar-refractivity contribution in [3.63, 3.8) is 0 Å². The van der Waals surface area contributed by atoms with Crippen LogP contribution in [0.25, 0.3) is 10.9 Å². The zero-order chi connectivity index (χ0) is 11.5. The molecule has 1 unspecified atom stereocenters. The van der Waals surface area contributed by atoms with Crippen LogP contribution in [0.4, 0.5) is 0 Å². The molecule has 16 heavy (non-hydrogen) atoms. The first-order valence-electron chi connectivity index (χ1n) is 5.22. The first kappa shape index (κ1) is 11.1. The molecule has 1 heterocycles. The van der Waals surface area contributed by atoms with Crippen molar-refractivity contribution in [3.05, 3.63) is 36.0 Å². The molecule has 0 aliphatic rings. The van der Waals surface area contributed by atoms with E-state index in [1.54, 1.807) is 0 Å². The van der Waals surface area contributed by atoms with Gasteiger partial charge in [-0.1, -0.05) is 12.1 Å². The zero-order valence-corrected chi connectivity index (χ0v) is 8.87. The molecule has 0 saturated heterocycles. The molecule has 0 bridgehead atoms. The van der Waals surface area contributed by atoms with Crippen LogP contribution in [-0.2, 0) is 13.2 Å². The Balaban J connectivity index is 2.41. The number of rotatable bonds is 4. The van der Waals surface area contributed by atoms with Gasteiger partial charge in [0.25, 0.3) is 0 Å². The van der Waals surface area contributed by atoms with Gasteiger partial charge in [-0.3, -0.25) is 0 Å². The Kier molecular flexibility index (Phi) is 3.24. The lowest BCUT2D eigenvalue weighted by molar-refractivity contribution is 0.0822. The molecule has 86 valence electrons. The summed E-state index contributed by atoms with van der Waals surface area (Å²) in [5.74, 6) is 0. The molecule has 2 aromatic rings. The molecule has 1 aromatic heterocycles. The summed E-state index contributed by atoms with van der Waals surface area (Å²) < 4.78 is 1.87. The lowest BCUT2D eigenvalue weighted by Crippen LogP contribution is -2.19. The number of aromatic nitrogens is 1. The van der Waals surface area contributed by atoms with Gasteiger partial charge in [0.05, 0.1) is 25.9 Å². The molecule has 0 saturated carbocycles. The van der Waals surface area contributed by atoms with E-state index in [-0.39, 0.29) is 13.2 Å². The highest BCUT2D eigenvalue weighted by Gasteiger charge is 2.08. The lowest BCUT2D eigenvalue weighted by atomic mass is 10.1. The fraction of sp³-hybridized carbons (Fsp3) is 0.333. The monoisotopic (exact) mass is 221 g/mol. The van der Waals surface area contributed by atoms with E-state index in [0.717, 1.165) is 16.5 Å². The van der Waals surface area contributed by atoms with Gasteiger partial charge in [-0.15, -0.1) is 0 Å². The van der Waals surface area contributed by atoms with E-state index < -0.39 is 6.10 Å². The third kappa shape index (κ3) is 1.95. The molecule has 0 amide bonds. The number of hydrogen-bond donors (Lipinski definition) is 3. The van der Waals surface area contributed by atoms with Crippen molar-refractivity contribution < 1.29 is 15.3 Å². The molecular weight excluding hydrogens is 206 g/mol. The molecule has 1 aromatic carbocycles. The largest absolute Gasteiger partial charge is 0.394 e. The topological polar surface area (TPSA) is 65.6 Å². The molecule has 3 N–H and O–H groups in total. The van der Waals surface area contributed by atoms with E-state index >= 15 is 0 Å². The molecular formula is C12H15NO3. The van der Waals surface area contributed by atoms with Gasteiger partial charge in [0.15, 0.2) is 0 Å². The Morgan fingerprint density at radius 2 is 2.00 bits per heavy atom. The van der Waals surface area contributed by atoms with E-state index in [1.807, 2.05) is 35.0 Å². The van der Waals surface area contributed by atoms with Gasteiger partial charge in [0.1, 0.15) is 0 Å². The Hall–Kier alpha value is -1.36. The zero-order valence-electron chi connectivity index (χ0n) is 8.87. The van der Waals surface area contributed by atoms with Crippen LogP contribution < -0.4 is 0 Å². The molecule has 0 fully saturated rings. The summed E-state index contributed by atoms with van der Waals surface area (Å²) in [6.07, 6.45) is 1.09. The molecule has 4 nitrogen and oxygen atoms in total. The predicted octanol–water partition coefficient (Wildman–Crippen LogP) is 0.487. The molecule has 4 heteroatoms. The maximum absolute atomic E-state index is 9.40. The van der Waals surface area contributed by atoms with Gasteiger partial charge in [0, 0.05) is 17.1 Å². The fourth-order valence-corrected chi connectivity index (χ4v) is 1.87. The van der Waals surface area contributed by atoms with Crippen LogP contribution in [-0.4, -0.2) is 32.6 Å². The average Bonchev–Trinajstić information content (AvgIpc) is 2.72. The van der Waals surface area contributed by atoms with Gasteiger partial charge in [-0.2, -0.15) is 0 Å². The van der Waals surface area contributed by atoms with Gasteiger partial charge < -0.3 is 19.9 Å². The summed E-state index contributed by atoms with van der Waals surface area (Å²) in [6, 6.07) is 7.58. The Morgan fingerprint density at radius 1 is 1.19 bits per heavy atom. The van der Waals surface area contributed by atoms with Crippen molar-refractivity contribution in [1.82, 2.24) is 4.57 Å². The number of fused-ring (bicyclic) bond motifs is 1. The maximum Gasteiger partial charge on any atom is 0.0949 e. The van der Waals surface area contributed by atoms with Crippen LogP contribution >= 0.6 is 0 Å². The lowest BCUT2D eigenvalue weighted by Gasteiger charge is -2.10. The van der Waals surface area contributed by atoms with E-state index in [9.17, 15) is 10.2 Å². The van der Waals surface area contributed by atoms with Crippen molar-refractivity contribution in [3.8, 4) is 0 Å². The minimum Gasteiger partial charge on any atom is -0.394 e. The molecule has 0 spiro atoms. The minimum absolute atomic E-state index is 0.00388. The summed E-state index contributed by atoms with van der Waals surface area (Å²) in [5.41, 5.74) is 1.83. The van der Waals surface area contributed by atoms with Gasteiger partial charge in [-0.05, 0) is 17.7 Å². The highest BCUT2D eigenvalue weighted by molar-refractivity contribution is 5.83. The first-order valence-corrected chi connectivity index (χ1v) is 5.22. The normalized spacial score (nSPS) is 13.2. The van der Waals surface area contributed by atoms with E-state index in [1.165, 1.54) is 0 Å². The van der Waals surface area contributed by atoms with Gasteiger partial charge >= 0.3 is 0 Å².